The van der Waals surface area contributed by atoms with Crippen molar-refractivity contribution < 1.29 is 4.74 Å². The zero-order valence-electron chi connectivity index (χ0n) is 13.4. The molecule has 0 amide bonds. The highest BCUT2D eigenvalue weighted by molar-refractivity contribution is 5.80. The first-order valence-corrected chi connectivity index (χ1v) is 7.11. The summed E-state index contributed by atoms with van der Waals surface area (Å²) < 4.78 is 5.32. The third kappa shape index (κ3) is 3.62. The maximum Gasteiger partial charge on any atom is 0.159 e. The Morgan fingerprint density at radius 2 is 1.96 bits per heavy atom. The summed E-state index contributed by atoms with van der Waals surface area (Å²) in [7, 11) is 1.58. The van der Waals surface area contributed by atoms with Crippen LogP contribution in [0.4, 0.5) is 23.0 Å². The van der Waals surface area contributed by atoms with Crippen molar-refractivity contribution in [3.63, 3.8) is 0 Å². The molecule has 0 atom stereocenters. The van der Waals surface area contributed by atoms with Crippen LogP contribution in [0, 0.1) is 29.6 Å². The number of nitrogen functional groups attached to an aromatic ring is 1. The van der Waals surface area contributed by atoms with Crippen molar-refractivity contribution in [2.45, 2.75) is 6.92 Å². The number of hydrogen-bond donors (Lipinski definition) is 2. The van der Waals surface area contributed by atoms with Gasteiger partial charge in [0, 0.05) is 0 Å². The summed E-state index contributed by atoms with van der Waals surface area (Å²) in [6, 6.07) is 9.66. The van der Waals surface area contributed by atoms with E-state index in [1.165, 1.54) is 11.2 Å². The number of hydrogen-bond acceptors (Lipinski definition) is 8. The summed E-state index contributed by atoms with van der Waals surface area (Å²) in [5.41, 5.74) is 8.14. The van der Waals surface area contributed by atoms with Crippen LogP contribution in [0.1, 0.15) is 5.56 Å². The molecule has 0 saturated carbocycles. The summed E-state index contributed by atoms with van der Waals surface area (Å²) >= 11 is 0. The lowest BCUT2D eigenvalue weighted by molar-refractivity contribution is 0.416. The van der Waals surface area contributed by atoms with Crippen LogP contribution >= 0.6 is 0 Å². The number of methoxy groups -OCH3 is 1. The molecule has 0 saturated heterocycles. The molecule has 0 fully saturated rings. The Bertz CT molecular complexity index is 791. The summed E-state index contributed by atoms with van der Waals surface area (Å²) in [5.74, 6) is 1.36. The van der Waals surface area contributed by atoms with E-state index in [2.05, 4.69) is 15.3 Å². The third-order valence-corrected chi connectivity index (χ3v) is 3.29. The van der Waals surface area contributed by atoms with Crippen molar-refractivity contribution in [1.29, 1.82) is 10.5 Å². The predicted octanol–water partition coefficient (Wildman–Crippen LogP) is 1.97. The number of nitrogens with one attached hydrogen (secondary N) is 1. The van der Waals surface area contributed by atoms with Crippen LogP contribution in [0.5, 0.6) is 5.75 Å². The minimum Gasteiger partial charge on any atom is -0.495 e. The molecule has 0 spiro atoms. The SMILES string of the molecule is COc1ccc(C)cc1Nc1ncnc(N(CC#N)CC#N)c1N. The molecule has 1 aromatic carbocycles. The summed E-state index contributed by atoms with van der Waals surface area (Å²) in [5, 5.41) is 20.9. The Morgan fingerprint density at radius 3 is 2.58 bits per heavy atom. The highest BCUT2D eigenvalue weighted by atomic mass is 16.5. The van der Waals surface area contributed by atoms with Gasteiger partial charge in [0.15, 0.2) is 11.6 Å². The Hall–Kier alpha value is -3.52. The Labute approximate surface area is 140 Å². The minimum absolute atomic E-state index is 0.00196. The van der Waals surface area contributed by atoms with E-state index < -0.39 is 0 Å². The van der Waals surface area contributed by atoms with Crippen LogP contribution in [0.15, 0.2) is 24.5 Å². The predicted molar refractivity (Wildman–Crippen MR) is 90.9 cm³/mol. The standard InChI is InChI=1S/C16H17N7O/c1-11-3-4-13(24-2)12(9-11)22-15-14(19)16(21-10-20-15)23(7-5-17)8-6-18/h3-4,9-10H,7-8,19H2,1-2H3,(H,20,21,22). The summed E-state index contributed by atoms with van der Waals surface area (Å²) in [6.07, 6.45) is 1.33. The maximum atomic E-state index is 8.90. The molecule has 2 rings (SSSR count). The van der Waals surface area contributed by atoms with Crippen molar-refractivity contribution in [1.82, 2.24) is 9.97 Å². The average Bonchev–Trinajstić information content (AvgIpc) is 2.57. The molecule has 1 heterocycles. The third-order valence-electron chi connectivity index (χ3n) is 3.29. The lowest BCUT2D eigenvalue weighted by Crippen LogP contribution is -2.26. The van der Waals surface area contributed by atoms with Gasteiger partial charge < -0.3 is 20.7 Å². The van der Waals surface area contributed by atoms with Gasteiger partial charge in [0.05, 0.1) is 24.9 Å². The fourth-order valence-corrected chi connectivity index (χ4v) is 2.16. The van der Waals surface area contributed by atoms with E-state index in [1.54, 1.807) is 7.11 Å². The fourth-order valence-electron chi connectivity index (χ4n) is 2.16. The van der Waals surface area contributed by atoms with E-state index in [1.807, 2.05) is 37.3 Å². The molecule has 8 nitrogen and oxygen atoms in total. The molecule has 8 heteroatoms. The Balaban J connectivity index is 2.40. The first kappa shape index (κ1) is 16.8. The minimum atomic E-state index is 0.00196. The van der Waals surface area contributed by atoms with Crippen molar-refractivity contribution in [3.05, 3.63) is 30.1 Å². The Kier molecular flexibility index (Phi) is 5.37. The largest absolute Gasteiger partial charge is 0.495 e. The van der Waals surface area contributed by atoms with E-state index in [4.69, 9.17) is 21.0 Å². The van der Waals surface area contributed by atoms with Crippen molar-refractivity contribution in [3.8, 4) is 17.9 Å². The van der Waals surface area contributed by atoms with Gasteiger partial charge in [-0.1, -0.05) is 6.07 Å². The van der Waals surface area contributed by atoms with E-state index in [0.29, 0.717) is 23.1 Å². The zero-order valence-corrected chi connectivity index (χ0v) is 13.4. The van der Waals surface area contributed by atoms with E-state index in [9.17, 15) is 0 Å². The van der Waals surface area contributed by atoms with E-state index in [0.717, 1.165) is 5.56 Å². The van der Waals surface area contributed by atoms with Gasteiger partial charge in [-0.15, -0.1) is 0 Å². The molecular formula is C16H17N7O. The number of aromatic nitrogens is 2. The first-order chi connectivity index (χ1) is 11.6. The fraction of sp³-hybridized carbons (Fsp3) is 0.250. The molecule has 0 radical (unpaired) electrons. The monoisotopic (exact) mass is 323 g/mol. The molecule has 2 aromatic rings. The van der Waals surface area contributed by atoms with Crippen LogP contribution < -0.4 is 20.7 Å². The quantitative estimate of drug-likeness (QED) is 0.773. The van der Waals surface area contributed by atoms with Gasteiger partial charge in [0.1, 0.15) is 30.9 Å². The van der Waals surface area contributed by atoms with Crippen molar-refractivity contribution >= 4 is 23.0 Å². The summed E-state index contributed by atoms with van der Waals surface area (Å²) in [6.45, 7) is 1.96. The number of ether oxygens (including phenoxy) is 1. The number of anilines is 4. The number of nitrogens with zero attached hydrogens (tertiary/aromatic N) is 5. The number of nitrogens with two attached hydrogens (primary N) is 1. The molecule has 0 aliphatic heterocycles. The number of benzene rings is 1. The van der Waals surface area contributed by atoms with Gasteiger partial charge in [0.25, 0.3) is 0 Å². The second-order valence-corrected chi connectivity index (χ2v) is 4.96. The molecule has 0 aliphatic rings. The van der Waals surface area contributed by atoms with E-state index in [-0.39, 0.29) is 18.8 Å². The van der Waals surface area contributed by atoms with Crippen LogP contribution in [0.25, 0.3) is 0 Å². The number of rotatable bonds is 6. The highest BCUT2D eigenvalue weighted by Crippen LogP contribution is 2.32. The highest BCUT2D eigenvalue weighted by Gasteiger charge is 2.16. The Morgan fingerprint density at radius 1 is 1.25 bits per heavy atom. The molecule has 0 aliphatic carbocycles. The molecule has 0 bridgehead atoms. The van der Waals surface area contributed by atoms with Crippen LogP contribution in [-0.2, 0) is 0 Å². The topological polar surface area (TPSA) is 124 Å². The molecule has 0 unspecified atom stereocenters. The molecule has 3 N–H and O–H groups in total. The first-order valence-electron chi connectivity index (χ1n) is 7.11. The van der Waals surface area contributed by atoms with Crippen LogP contribution in [-0.4, -0.2) is 30.2 Å². The second-order valence-electron chi connectivity index (χ2n) is 4.96. The van der Waals surface area contributed by atoms with Gasteiger partial charge in [-0.3, -0.25) is 0 Å². The molecule has 122 valence electrons. The lowest BCUT2D eigenvalue weighted by Gasteiger charge is -2.20. The lowest BCUT2D eigenvalue weighted by atomic mass is 10.2. The van der Waals surface area contributed by atoms with Crippen molar-refractivity contribution in [2.24, 2.45) is 0 Å². The van der Waals surface area contributed by atoms with Crippen LogP contribution in [0.2, 0.25) is 0 Å². The number of nitriles is 2. The van der Waals surface area contributed by atoms with Gasteiger partial charge in [-0.05, 0) is 24.6 Å². The van der Waals surface area contributed by atoms with Crippen LogP contribution in [0.3, 0.4) is 0 Å². The van der Waals surface area contributed by atoms with Gasteiger partial charge in [-0.2, -0.15) is 10.5 Å². The zero-order chi connectivity index (χ0) is 17.5. The van der Waals surface area contributed by atoms with Gasteiger partial charge in [0.2, 0.25) is 0 Å². The summed E-state index contributed by atoms with van der Waals surface area (Å²) in [4.78, 5) is 9.72. The van der Waals surface area contributed by atoms with Gasteiger partial charge in [-0.25, -0.2) is 9.97 Å². The average molecular weight is 323 g/mol. The molecular weight excluding hydrogens is 306 g/mol. The second kappa shape index (κ2) is 7.65. The molecule has 1 aromatic heterocycles. The maximum absolute atomic E-state index is 8.90. The molecule has 24 heavy (non-hydrogen) atoms. The number of aryl methyl sites for hydroxylation is 1. The smallest absolute Gasteiger partial charge is 0.159 e. The normalized spacial score (nSPS) is 9.67. The van der Waals surface area contributed by atoms with Crippen molar-refractivity contribution in [2.75, 3.05) is 36.1 Å². The van der Waals surface area contributed by atoms with Gasteiger partial charge >= 0.3 is 0 Å². The van der Waals surface area contributed by atoms with E-state index >= 15 is 0 Å².